The number of aromatic amines is 1. The fourth-order valence-corrected chi connectivity index (χ4v) is 2.53. The highest BCUT2D eigenvalue weighted by molar-refractivity contribution is 5.77. The van der Waals surface area contributed by atoms with Crippen molar-refractivity contribution in [3.05, 3.63) is 44.6 Å². The van der Waals surface area contributed by atoms with Gasteiger partial charge >= 0.3 is 5.69 Å². The second kappa shape index (κ2) is 4.10. The van der Waals surface area contributed by atoms with Gasteiger partial charge in [0.2, 0.25) is 0 Å². The summed E-state index contributed by atoms with van der Waals surface area (Å²) in [6.45, 7) is 3.47. The molecule has 5 heteroatoms. The molecule has 2 N–H and O–H groups in total. The molecule has 1 aliphatic heterocycles. The monoisotopic (exact) mass is 245 g/mol. The van der Waals surface area contributed by atoms with Crippen molar-refractivity contribution >= 4 is 10.9 Å². The minimum Gasteiger partial charge on any atom is -0.315 e. The van der Waals surface area contributed by atoms with Crippen molar-refractivity contribution in [1.82, 2.24) is 14.9 Å². The molecule has 18 heavy (non-hydrogen) atoms. The van der Waals surface area contributed by atoms with Crippen LogP contribution in [-0.2, 0) is 0 Å². The van der Waals surface area contributed by atoms with E-state index in [1.807, 2.05) is 19.1 Å². The summed E-state index contributed by atoms with van der Waals surface area (Å²) in [5, 5.41) is 3.76. The summed E-state index contributed by atoms with van der Waals surface area (Å²) in [5.41, 5.74) is 1.12. The number of aryl methyl sites for hydroxylation is 1. The molecule has 3 rings (SSSR count). The number of nitrogens with one attached hydrogen (secondary N) is 2. The lowest BCUT2D eigenvalue weighted by Gasteiger charge is -2.12. The van der Waals surface area contributed by atoms with Crippen molar-refractivity contribution < 1.29 is 0 Å². The second-order valence-electron chi connectivity index (χ2n) is 4.80. The van der Waals surface area contributed by atoms with E-state index in [9.17, 15) is 9.59 Å². The SMILES string of the molecule is Cc1ccc2[nH]c(=O)n(C3CCNC3)c(=O)c2c1. The Labute approximate surface area is 103 Å². The fraction of sp³-hybridized carbons (Fsp3) is 0.385. The third kappa shape index (κ3) is 1.67. The van der Waals surface area contributed by atoms with Gasteiger partial charge in [0.1, 0.15) is 0 Å². The molecule has 1 aliphatic rings. The molecule has 0 amide bonds. The molecule has 2 heterocycles. The molecule has 1 saturated heterocycles. The molecule has 0 radical (unpaired) electrons. The Morgan fingerprint density at radius 3 is 2.89 bits per heavy atom. The first-order chi connectivity index (χ1) is 8.66. The molecule has 2 aromatic rings. The predicted octanol–water partition coefficient (Wildman–Crippen LogP) is 0.533. The number of benzene rings is 1. The zero-order chi connectivity index (χ0) is 12.7. The van der Waals surface area contributed by atoms with Gasteiger partial charge in [0.25, 0.3) is 5.56 Å². The quantitative estimate of drug-likeness (QED) is 0.770. The van der Waals surface area contributed by atoms with Crippen LogP contribution >= 0.6 is 0 Å². The molecule has 0 bridgehead atoms. The number of hydrogen-bond donors (Lipinski definition) is 2. The van der Waals surface area contributed by atoms with Crippen molar-refractivity contribution in [2.45, 2.75) is 19.4 Å². The Hall–Kier alpha value is -1.88. The van der Waals surface area contributed by atoms with E-state index in [2.05, 4.69) is 10.3 Å². The number of hydrogen-bond acceptors (Lipinski definition) is 3. The Morgan fingerprint density at radius 1 is 1.33 bits per heavy atom. The van der Waals surface area contributed by atoms with Crippen LogP contribution in [0.4, 0.5) is 0 Å². The minimum absolute atomic E-state index is 0.0360. The number of H-pyrrole nitrogens is 1. The van der Waals surface area contributed by atoms with Crippen LogP contribution in [0.5, 0.6) is 0 Å². The van der Waals surface area contributed by atoms with Crippen molar-refractivity contribution in [2.24, 2.45) is 0 Å². The van der Waals surface area contributed by atoms with Gasteiger partial charge in [-0.3, -0.25) is 9.36 Å². The second-order valence-corrected chi connectivity index (χ2v) is 4.80. The van der Waals surface area contributed by atoms with Crippen LogP contribution in [0, 0.1) is 6.92 Å². The number of fused-ring (bicyclic) bond motifs is 1. The van der Waals surface area contributed by atoms with E-state index in [0.29, 0.717) is 17.4 Å². The maximum absolute atomic E-state index is 12.4. The van der Waals surface area contributed by atoms with Crippen molar-refractivity contribution in [3.8, 4) is 0 Å². The first kappa shape index (κ1) is 11.2. The van der Waals surface area contributed by atoms with Gasteiger partial charge < -0.3 is 10.3 Å². The highest BCUT2D eigenvalue weighted by atomic mass is 16.2. The lowest BCUT2D eigenvalue weighted by atomic mass is 10.1. The van der Waals surface area contributed by atoms with Gasteiger partial charge in [0, 0.05) is 6.54 Å². The van der Waals surface area contributed by atoms with Crippen LogP contribution in [0.3, 0.4) is 0 Å². The van der Waals surface area contributed by atoms with Gasteiger partial charge in [-0.2, -0.15) is 0 Å². The smallest absolute Gasteiger partial charge is 0.315 e. The first-order valence-corrected chi connectivity index (χ1v) is 6.13. The first-order valence-electron chi connectivity index (χ1n) is 6.13. The standard InChI is InChI=1S/C13H15N3O2/c1-8-2-3-11-10(6-8)12(17)16(13(18)15-11)9-4-5-14-7-9/h2-3,6,9,14H,4-5,7H2,1H3,(H,15,18). The van der Waals surface area contributed by atoms with E-state index in [-0.39, 0.29) is 17.3 Å². The van der Waals surface area contributed by atoms with Gasteiger partial charge in [-0.1, -0.05) is 11.6 Å². The van der Waals surface area contributed by atoms with Crippen molar-refractivity contribution in [2.75, 3.05) is 13.1 Å². The normalized spacial score (nSPS) is 19.5. The van der Waals surface area contributed by atoms with Crippen LogP contribution < -0.4 is 16.6 Å². The largest absolute Gasteiger partial charge is 0.329 e. The zero-order valence-corrected chi connectivity index (χ0v) is 10.2. The number of rotatable bonds is 1. The molecule has 1 atom stereocenters. The zero-order valence-electron chi connectivity index (χ0n) is 10.2. The number of nitrogens with zero attached hydrogens (tertiary/aromatic N) is 1. The van der Waals surface area contributed by atoms with Crippen molar-refractivity contribution in [3.63, 3.8) is 0 Å². The van der Waals surface area contributed by atoms with Crippen LogP contribution in [0.1, 0.15) is 18.0 Å². The third-order valence-electron chi connectivity index (χ3n) is 3.48. The predicted molar refractivity (Wildman–Crippen MR) is 70.1 cm³/mol. The summed E-state index contributed by atoms with van der Waals surface area (Å²) in [6.07, 6.45) is 0.820. The number of aromatic nitrogens is 2. The molecule has 94 valence electrons. The molecule has 0 aliphatic carbocycles. The minimum atomic E-state index is -0.315. The average Bonchev–Trinajstić information content (AvgIpc) is 2.84. The van der Waals surface area contributed by atoms with Crippen molar-refractivity contribution in [1.29, 1.82) is 0 Å². The van der Waals surface area contributed by atoms with Gasteiger partial charge in [0.05, 0.1) is 16.9 Å². The lowest BCUT2D eigenvalue weighted by molar-refractivity contribution is 0.508. The molecule has 1 aromatic carbocycles. The Kier molecular flexibility index (Phi) is 2.56. The summed E-state index contributed by atoms with van der Waals surface area (Å²) >= 11 is 0. The Morgan fingerprint density at radius 2 is 2.17 bits per heavy atom. The molecule has 0 spiro atoms. The summed E-state index contributed by atoms with van der Waals surface area (Å²) < 4.78 is 1.35. The summed E-state index contributed by atoms with van der Waals surface area (Å²) in [7, 11) is 0. The molecular formula is C13H15N3O2. The molecule has 0 saturated carbocycles. The van der Waals surface area contributed by atoms with E-state index < -0.39 is 0 Å². The average molecular weight is 245 g/mol. The van der Waals surface area contributed by atoms with E-state index >= 15 is 0 Å². The molecule has 1 unspecified atom stereocenters. The van der Waals surface area contributed by atoms with Crippen LogP contribution in [-0.4, -0.2) is 22.6 Å². The van der Waals surface area contributed by atoms with Gasteiger partial charge in [-0.05, 0) is 32.0 Å². The topological polar surface area (TPSA) is 66.9 Å². The summed E-state index contributed by atoms with van der Waals surface area (Å²) in [5.74, 6) is 0. The fourth-order valence-electron chi connectivity index (χ4n) is 2.53. The lowest BCUT2D eigenvalue weighted by Crippen LogP contribution is -2.38. The summed E-state index contributed by atoms with van der Waals surface area (Å²) in [4.78, 5) is 27.2. The van der Waals surface area contributed by atoms with Gasteiger partial charge in [-0.15, -0.1) is 0 Å². The van der Waals surface area contributed by atoms with E-state index in [4.69, 9.17) is 0 Å². The highest BCUT2D eigenvalue weighted by Gasteiger charge is 2.20. The third-order valence-corrected chi connectivity index (χ3v) is 3.48. The van der Waals surface area contributed by atoms with E-state index in [1.54, 1.807) is 6.07 Å². The van der Waals surface area contributed by atoms with E-state index in [1.165, 1.54) is 4.57 Å². The Bertz CT molecular complexity index is 708. The molecular weight excluding hydrogens is 230 g/mol. The summed E-state index contributed by atoms with van der Waals surface area (Å²) in [6, 6.07) is 5.46. The van der Waals surface area contributed by atoms with Crippen LogP contribution in [0.25, 0.3) is 10.9 Å². The molecule has 5 nitrogen and oxygen atoms in total. The molecule has 1 fully saturated rings. The van der Waals surface area contributed by atoms with E-state index in [0.717, 1.165) is 18.5 Å². The van der Waals surface area contributed by atoms with Gasteiger partial charge in [-0.25, -0.2) is 4.79 Å². The van der Waals surface area contributed by atoms with Crippen LogP contribution in [0.2, 0.25) is 0 Å². The Balaban J connectivity index is 2.32. The van der Waals surface area contributed by atoms with Crippen LogP contribution in [0.15, 0.2) is 27.8 Å². The maximum Gasteiger partial charge on any atom is 0.329 e. The molecule has 1 aromatic heterocycles. The highest BCUT2D eigenvalue weighted by Crippen LogP contribution is 2.13. The van der Waals surface area contributed by atoms with Gasteiger partial charge in [0.15, 0.2) is 0 Å². The maximum atomic E-state index is 12.4.